The minimum absolute atomic E-state index is 0.209. The number of alkyl halides is 3. The number of benzene rings is 1. The van der Waals surface area contributed by atoms with Gasteiger partial charge in [0, 0.05) is 18.8 Å². The first-order chi connectivity index (χ1) is 9.03. The molecule has 3 nitrogen and oxygen atoms in total. The molecule has 0 amide bonds. The van der Waals surface area contributed by atoms with E-state index in [9.17, 15) is 13.2 Å². The molecule has 1 atom stereocenters. The van der Waals surface area contributed by atoms with Gasteiger partial charge in [-0.1, -0.05) is 0 Å². The fourth-order valence-electron chi connectivity index (χ4n) is 2.01. The molecule has 1 N–H and O–H groups in total. The molecule has 19 heavy (non-hydrogen) atoms. The van der Waals surface area contributed by atoms with E-state index in [0.29, 0.717) is 5.92 Å². The van der Waals surface area contributed by atoms with Crippen molar-refractivity contribution in [2.45, 2.75) is 19.2 Å². The summed E-state index contributed by atoms with van der Waals surface area (Å²) in [6, 6.07) is 5.75. The molecule has 1 aliphatic heterocycles. The molecule has 0 aromatic heterocycles. The number of ether oxygens (including phenoxy) is 2. The van der Waals surface area contributed by atoms with Gasteiger partial charge in [-0.2, -0.15) is 0 Å². The Labute approximate surface area is 109 Å². The Hall–Kier alpha value is -1.43. The lowest BCUT2D eigenvalue weighted by Crippen LogP contribution is -2.24. The molecule has 1 unspecified atom stereocenters. The third-order valence-corrected chi connectivity index (χ3v) is 2.94. The Morgan fingerprint density at radius 2 is 2.00 bits per heavy atom. The van der Waals surface area contributed by atoms with Gasteiger partial charge in [0.05, 0.1) is 6.61 Å². The van der Waals surface area contributed by atoms with Crippen LogP contribution in [-0.2, 0) is 4.74 Å². The third kappa shape index (κ3) is 4.98. The van der Waals surface area contributed by atoms with Crippen LogP contribution >= 0.6 is 0 Å². The maximum absolute atomic E-state index is 12.0. The molecule has 1 aromatic rings. The van der Waals surface area contributed by atoms with Crippen molar-refractivity contribution in [3.63, 3.8) is 0 Å². The van der Waals surface area contributed by atoms with Crippen molar-refractivity contribution in [2.24, 2.45) is 5.92 Å². The van der Waals surface area contributed by atoms with Crippen LogP contribution in [0.25, 0.3) is 0 Å². The number of anilines is 1. The molecule has 1 aliphatic rings. The monoisotopic (exact) mass is 275 g/mol. The second-order valence-corrected chi connectivity index (χ2v) is 4.54. The van der Waals surface area contributed by atoms with Gasteiger partial charge in [-0.3, -0.25) is 0 Å². The smallest absolute Gasteiger partial charge is 0.406 e. The molecule has 1 saturated heterocycles. The summed E-state index contributed by atoms with van der Waals surface area (Å²) in [5.74, 6) is 0.249. The van der Waals surface area contributed by atoms with Gasteiger partial charge < -0.3 is 14.8 Å². The van der Waals surface area contributed by atoms with Gasteiger partial charge in [-0.05, 0) is 43.0 Å². The SMILES string of the molecule is FC(F)(F)Oc1ccc(NCC2CCCOC2)cc1. The highest BCUT2D eigenvalue weighted by Crippen LogP contribution is 2.24. The molecule has 1 heterocycles. The van der Waals surface area contributed by atoms with Crippen LogP contribution in [0.4, 0.5) is 18.9 Å². The maximum atomic E-state index is 12.0. The lowest BCUT2D eigenvalue weighted by atomic mass is 10.0. The fraction of sp³-hybridized carbons (Fsp3) is 0.538. The molecule has 1 aromatic carbocycles. The van der Waals surface area contributed by atoms with Crippen LogP contribution in [0.1, 0.15) is 12.8 Å². The first-order valence-electron chi connectivity index (χ1n) is 6.20. The van der Waals surface area contributed by atoms with Crippen molar-refractivity contribution < 1.29 is 22.6 Å². The summed E-state index contributed by atoms with van der Waals surface area (Å²) in [6.45, 7) is 2.32. The van der Waals surface area contributed by atoms with Gasteiger partial charge in [0.1, 0.15) is 5.75 Å². The van der Waals surface area contributed by atoms with Crippen LogP contribution in [0.15, 0.2) is 24.3 Å². The van der Waals surface area contributed by atoms with Gasteiger partial charge in [0.25, 0.3) is 0 Å². The molecular weight excluding hydrogens is 259 g/mol. The highest BCUT2D eigenvalue weighted by atomic mass is 19.4. The topological polar surface area (TPSA) is 30.5 Å². The van der Waals surface area contributed by atoms with E-state index >= 15 is 0 Å². The Bertz CT molecular complexity index is 386. The second-order valence-electron chi connectivity index (χ2n) is 4.54. The first kappa shape index (κ1) is 14.0. The van der Waals surface area contributed by atoms with Crippen molar-refractivity contribution in [1.82, 2.24) is 0 Å². The third-order valence-electron chi connectivity index (χ3n) is 2.94. The van der Waals surface area contributed by atoms with E-state index in [1.807, 2.05) is 0 Å². The summed E-state index contributed by atoms with van der Waals surface area (Å²) >= 11 is 0. The molecule has 2 rings (SSSR count). The van der Waals surface area contributed by atoms with Gasteiger partial charge in [0.15, 0.2) is 0 Å². The normalized spacial score (nSPS) is 20.1. The average Bonchev–Trinajstić information content (AvgIpc) is 2.37. The van der Waals surface area contributed by atoms with E-state index in [2.05, 4.69) is 10.1 Å². The van der Waals surface area contributed by atoms with Crippen LogP contribution in [0.3, 0.4) is 0 Å². The van der Waals surface area contributed by atoms with E-state index in [1.54, 1.807) is 12.1 Å². The number of rotatable bonds is 4. The summed E-state index contributed by atoms with van der Waals surface area (Å²) in [5.41, 5.74) is 0.778. The highest BCUT2D eigenvalue weighted by molar-refractivity contribution is 5.46. The molecule has 0 saturated carbocycles. The zero-order valence-corrected chi connectivity index (χ0v) is 10.4. The standard InChI is InChI=1S/C13H16F3NO2/c14-13(15,16)19-12-5-3-11(4-6-12)17-8-10-2-1-7-18-9-10/h3-6,10,17H,1-2,7-9H2. The minimum atomic E-state index is -4.64. The number of nitrogens with one attached hydrogen (secondary N) is 1. The van der Waals surface area contributed by atoms with Gasteiger partial charge in [0.2, 0.25) is 0 Å². The summed E-state index contributed by atoms with van der Waals surface area (Å²) in [4.78, 5) is 0. The Morgan fingerprint density at radius 3 is 2.58 bits per heavy atom. The zero-order valence-electron chi connectivity index (χ0n) is 10.4. The predicted octanol–water partition coefficient (Wildman–Crippen LogP) is 3.42. The van der Waals surface area contributed by atoms with E-state index in [1.165, 1.54) is 12.1 Å². The van der Waals surface area contributed by atoms with Gasteiger partial charge in [-0.15, -0.1) is 13.2 Å². The van der Waals surface area contributed by atoms with Crippen LogP contribution in [0.2, 0.25) is 0 Å². The zero-order chi connectivity index (χ0) is 13.7. The molecule has 0 radical (unpaired) electrons. The predicted molar refractivity (Wildman–Crippen MR) is 65.2 cm³/mol. The van der Waals surface area contributed by atoms with Crippen LogP contribution in [-0.4, -0.2) is 26.1 Å². The van der Waals surface area contributed by atoms with Crippen LogP contribution in [0, 0.1) is 5.92 Å². The Kier molecular flexibility index (Phi) is 4.52. The highest BCUT2D eigenvalue weighted by Gasteiger charge is 2.30. The second kappa shape index (κ2) is 6.14. The quantitative estimate of drug-likeness (QED) is 0.913. The van der Waals surface area contributed by atoms with Crippen molar-refractivity contribution in [3.05, 3.63) is 24.3 Å². The van der Waals surface area contributed by atoms with Gasteiger partial charge >= 0.3 is 6.36 Å². The van der Waals surface area contributed by atoms with Crippen LogP contribution < -0.4 is 10.1 Å². The average molecular weight is 275 g/mol. The summed E-state index contributed by atoms with van der Waals surface area (Å²) in [7, 11) is 0. The molecule has 0 aliphatic carbocycles. The number of hydrogen-bond acceptors (Lipinski definition) is 3. The number of halogens is 3. The lowest BCUT2D eigenvalue weighted by Gasteiger charge is -2.22. The lowest BCUT2D eigenvalue weighted by molar-refractivity contribution is -0.274. The Morgan fingerprint density at radius 1 is 1.26 bits per heavy atom. The van der Waals surface area contributed by atoms with Crippen molar-refractivity contribution >= 4 is 5.69 Å². The maximum Gasteiger partial charge on any atom is 0.573 e. The molecule has 1 fully saturated rings. The fourth-order valence-corrected chi connectivity index (χ4v) is 2.01. The van der Waals surface area contributed by atoms with Crippen LogP contribution in [0.5, 0.6) is 5.75 Å². The van der Waals surface area contributed by atoms with E-state index in [-0.39, 0.29) is 5.75 Å². The first-order valence-corrected chi connectivity index (χ1v) is 6.20. The van der Waals surface area contributed by atoms with E-state index < -0.39 is 6.36 Å². The van der Waals surface area contributed by atoms with Crippen molar-refractivity contribution in [1.29, 1.82) is 0 Å². The number of hydrogen-bond donors (Lipinski definition) is 1. The molecule has 6 heteroatoms. The largest absolute Gasteiger partial charge is 0.573 e. The Balaban J connectivity index is 1.81. The summed E-state index contributed by atoms with van der Waals surface area (Å²) in [6.07, 6.45) is -2.47. The van der Waals surface area contributed by atoms with Gasteiger partial charge in [-0.25, -0.2) is 0 Å². The summed E-state index contributed by atoms with van der Waals surface area (Å²) < 4.78 is 45.1. The molecule has 0 spiro atoms. The van der Waals surface area contributed by atoms with E-state index in [4.69, 9.17) is 4.74 Å². The van der Waals surface area contributed by atoms with Crippen molar-refractivity contribution in [2.75, 3.05) is 25.1 Å². The molecule has 0 bridgehead atoms. The summed E-state index contributed by atoms with van der Waals surface area (Å²) in [5, 5.41) is 3.19. The van der Waals surface area contributed by atoms with E-state index in [0.717, 1.165) is 38.3 Å². The molecule has 106 valence electrons. The minimum Gasteiger partial charge on any atom is -0.406 e. The van der Waals surface area contributed by atoms with Crippen molar-refractivity contribution in [3.8, 4) is 5.75 Å². The molecular formula is C13H16F3NO2.